The van der Waals surface area contributed by atoms with Gasteiger partial charge in [0.1, 0.15) is 5.00 Å². The molecule has 3 aromatic rings. The number of halogens is 1. The van der Waals surface area contributed by atoms with Crippen molar-refractivity contribution in [1.29, 1.82) is 0 Å². The normalized spacial score (nSPS) is 15.4. The fourth-order valence-corrected chi connectivity index (χ4v) is 3.85. The minimum Gasteiger partial charge on any atom is -0.480 e. The SMILES string of the molecule is COc1cc(Nc2ncc(C)c(-c3cnn(CC4(CF)CCC4)c3)n2)sn1. The van der Waals surface area contributed by atoms with Crippen molar-refractivity contribution in [2.75, 3.05) is 19.1 Å². The Morgan fingerprint density at radius 2 is 2.22 bits per heavy atom. The van der Waals surface area contributed by atoms with E-state index in [-0.39, 0.29) is 12.1 Å². The van der Waals surface area contributed by atoms with Crippen LogP contribution in [0, 0.1) is 12.3 Å². The van der Waals surface area contributed by atoms with E-state index < -0.39 is 0 Å². The van der Waals surface area contributed by atoms with Gasteiger partial charge < -0.3 is 10.1 Å². The lowest BCUT2D eigenvalue weighted by Gasteiger charge is -2.39. The standard InChI is InChI=1S/C18H21FN6OS/c1-12-7-20-17(22-15-6-14(26-2)24-27-15)23-16(12)13-8-21-25(9-13)11-18(10-19)4-3-5-18/h6-9H,3-5,10-11H2,1-2H3,(H,20,22,23). The van der Waals surface area contributed by atoms with Gasteiger partial charge in [-0.1, -0.05) is 6.42 Å². The van der Waals surface area contributed by atoms with Crippen LogP contribution in [0.1, 0.15) is 24.8 Å². The van der Waals surface area contributed by atoms with Crippen molar-refractivity contribution in [3.63, 3.8) is 0 Å². The average Bonchev–Trinajstić information content (AvgIpc) is 3.29. The van der Waals surface area contributed by atoms with Crippen LogP contribution in [-0.2, 0) is 6.54 Å². The zero-order valence-corrected chi connectivity index (χ0v) is 16.1. The largest absolute Gasteiger partial charge is 0.480 e. The van der Waals surface area contributed by atoms with Crippen LogP contribution in [0.15, 0.2) is 24.7 Å². The average molecular weight is 388 g/mol. The van der Waals surface area contributed by atoms with Crippen LogP contribution in [0.25, 0.3) is 11.3 Å². The lowest BCUT2D eigenvalue weighted by Crippen LogP contribution is -2.36. The maximum Gasteiger partial charge on any atom is 0.228 e. The van der Waals surface area contributed by atoms with E-state index >= 15 is 0 Å². The Morgan fingerprint density at radius 1 is 1.37 bits per heavy atom. The molecule has 1 aliphatic carbocycles. The second-order valence-corrected chi connectivity index (χ2v) is 7.80. The monoisotopic (exact) mass is 388 g/mol. The van der Waals surface area contributed by atoms with Gasteiger partial charge in [0.2, 0.25) is 11.8 Å². The highest BCUT2D eigenvalue weighted by molar-refractivity contribution is 7.10. The van der Waals surface area contributed by atoms with E-state index in [0.29, 0.717) is 18.4 Å². The van der Waals surface area contributed by atoms with Gasteiger partial charge >= 0.3 is 0 Å². The predicted molar refractivity (Wildman–Crippen MR) is 102 cm³/mol. The number of aromatic nitrogens is 5. The highest BCUT2D eigenvalue weighted by Crippen LogP contribution is 2.42. The Hall–Kier alpha value is -2.55. The molecule has 142 valence electrons. The van der Waals surface area contributed by atoms with E-state index in [4.69, 9.17) is 4.74 Å². The van der Waals surface area contributed by atoms with Crippen molar-refractivity contribution < 1.29 is 9.13 Å². The van der Waals surface area contributed by atoms with E-state index in [2.05, 4.69) is 24.8 Å². The fraction of sp³-hybridized carbons (Fsp3) is 0.444. The van der Waals surface area contributed by atoms with Gasteiger partial charge in [-0.15, -0.1) is 0 Å². The Balaban J connectivity index is 1.54. The summed E-state index contributed by atoms with van der Waals surface area (Å²) in [6.07, 6.45) is 8.44. The highest BCUT2D eigenvalue weighted by atomic mass is 32.1. The summed E-state index contributed by atoms with van der Waals surface area (Å²) in [6, 6.07) is 1.79. The molecular formula is C18H21FN6OS. The van der Waals surface area contributed by atoms with Crippen LogP contribution in [-0.4, -0.2) is 37.9 Å². The first kappa shape index (κ1) is 17.8. The second-order valence-electron chi connectivity index (χ2n) is 7.00. The summed E-state index contributed by atoms with van der Waals surface area (Å²) in [5.41, 5.74) is 2.42. The van der Waals surface area contributed by atoms with Crippen molar-refractivity contribution in [2.45, 2.75) is 32.7 Å². The van der Waals surface area contributed by atoms with Gasteiger partial charge in [0.05, 0.1) is 25.7 Å². The maximum absolute atomic E-state index is 13.4. The molecule has 0 saturated heterocycles. The molecule has 0 bridgehead atoms. The summed E-state index contributed by atoms with van der Waals surface area (Å²) in [5.74, 6) is 1.03. The van der Waals surface area contributed by atoms with Crippen molar-refractivity contribution in [1.82, 2.24) is 24.1 Å². The summed E-state index contributed by atoms with van der Waals surface area (Å²) in [7, 11) is 1.58. The Labute approximate surface area is 160 Å². The smallest absolute Gasteiger partial charge is 0.228 e. The van der Waals surface area contributed by atoms with E-state index in [9.17, 15) is 4.39 Å². The van der Waals surface area contributed by atoms with E-state index in [1.54, 1.807) is 25.6 Å². The number of methoxy groups -OCH3 is 1. The molecule has 3 heterocycles. The quantitative estimate of drug-likeness (QED) is 0.659. The zero-order chi connectivity index (χ0) is 18.9. The number of hydrogen-bond acceptors (Lipinski definition) is 7. The van der Waals surface area contributed by atoms with Crippen LogP contribution >= 0.6 is 11.5 Å². The van der Waals surface area contributed by atoms with Gasteiger partial charge in [-0.05, 0) is 36.9 Å². The van der Waals surface area contributed by atoms with E-state index in [0.717, 1.165) is 41.1 Å². The highest BCUT2D eigenvalue weighted by Gasteiger charge is 2.37. The fourth-order valence-electron chi connectivity index (χ4n) is 3.25. The van der Waals surface area contributed by atoms with Crippen LogP contribution in [0.3, 0.4) is 0 Å². The number of nitrogens with one attached hydrogen (secondary N) is 1. The number of rotatable bonds is 7. The molecular weight excluding hydrogens is 367 g/mol. The third-order valence-corrected chi connectivity index (χ3v) is 5.69. The van der Waals surface area contributed by atoms with Crippen LogP contribution in [0.5, 0.6) is 5.88 Å². The molecule has 1 fully saturated rings. The Morgan fingerprint density at radius 3 is 2.89 bits per heavy atom. The molecule has 3 aromatic heterocycles. The molecule has 0 radical (unpaired) electrons. The number of anilines is 2. The van der Waals surface area contributed by atoms with Crippen LogP contribution in [0.2, 0.25) is 0 Å². The first-order chi connectivity index (χ1) is 13.1. The van der Waals surface area contributed by atoms with Gasteiger partial charge in [-0.3, -0.25) is 9.07 Å². The third kappa shape index (κ3) is 3.64. The summed E-state index contributed by atoms with van der Waals surface area (Å²) in [6.45, 7) is 2.28. The van der Waals surface area contributed by atoms with Gasteiger partial charge in [-0.25, -0.2) is 9.97 Å². The molecule has 0 aliphatic heterocycles. The van der Waals surface area contributed by atoms with Crippen molar-refractivity contribution in [3.8, 4) is 17.1 Å². The lowest BCUT2D eigenvalue weighted by molar-refractivity contribution is 0.0648. The first-order valence-electron chi connectivity index (χ1n) is 8.81. The number of aryl methyl sites for hydroxylation is 1. The number of nitrogens with zero attached hydrogens (tertiary/aromatic N) is 5. The maximum atomic E-state index is 13.4. The molecule has 0 unspecified atom stereocenters. The number of hydrogen-bond donors (Lipinski definition) is 1. The summed E-state index contributed by atoms with van der Waals surface area (Å²) in [4.78, 5) is 8.96. The molecule has 1 N–H and O–H groups in total. The molecule has 27 heavy (non-hydrogen) atoms. The second kappa shape index (κ2) is 7.22. The summed E-state index contributed by atoms with van der Waals surface area (Å²) >= 11 is 1.28. The third-order valence-electron chi connectivity index (χ3n) is 5.01. The van der Waals surface area contributed by atoms with Crippen molar-refractivity contribution >= 4 is 22.5 Å². The number of ether oxygens (including phenoxy) is 1. The summed E-state index contributed by atoms with van der Waals surface area (Å²) < 4.78 is 24.4. The summed E-state index contributed by atoms with van der Waals surface area (Å²) in [5, 5.41) is 8.37. The van der Waals surface area contributed by atoms with Gasteiger partial charge in [0, 0.05) is 36.0 Å². The van der Waals surface area contributed by atoms with Crippen molar-refractivity contribution in [2.24, 2.45) is 5.41 Å². The zero-order valence-electron chi connectivity index (χ0n) is 15.3. The molecule has 1 saturated carbocycles. The number of alkyl halides is 1. The molecule has 0 spiro atoms. The lowest BCUT2D eigenvalue weighted by atomic mass is 9.70. The first-order valence-corrected chi connectivity index (χ1v) is 9.58. The van der Waals surface area contributed by atoms with Crippen LogP contribution in [0.4, 0.5) is 15.3 Å². The van der Waals surface area contributed by atoms with Gasteiger partial charge in [0.25, 0.3) is 0 Å². The minimum atomic E-state index is -0.291. The minimum absolute atomic E-state index is 0.234. The van der Waals surface area contributed by atoms with E-state index in [1.165, 1.54) is 11.5 Å². The van der Waals surface area contributed by atoms with Gasteiger partial charge in [-0.2, -0.15) is 9.47 Å². The molecule has 0 amide bonds. The molecule has 1 aliphatic rings. The molecule has 7 nitrogen and oxygen atoms in total. The molecule has 9 heteroatoms. The molecule has 0 aromatic carbocycles. The topological polar surface area (TPSA) is 77.8 Å². The van der Waals surface area contributed by atoms with Gasteiger partial charge in [0.15, 0.2) is 0 Å². The Kier molecular flexibility index (Phi) is 4.77. The van der Waals surface area contributed by atoms with Crippen LogP contribution < -0.4 is 10.1 Å². The predicted octanol–water partition coefficient (Wildman–Crippen LogP) is 4.00. The Bertz CT molecular complexity index is 930. The molecule has 4 rings (SSSR count). The van der Waals surface area contributed by atoms with E-state index in [1.807, 2.05) is 17.8 Å². The molecule has 0 atom stereocenters. The van der Waals surface area contributed by atoms with Crippen molar-refractivity contribution in [3.05, 3.63) is 30.2 Å².